The van der Waals surface area contributed by atoms with Gasteiger partial charge in [0, 0.05) is 31.3 Å². The lowest BCUT2D eigenvalue weighted by Gasteiger charge is -2.24. The van der Waals surface area contributed by atoms with Crippen molar-refractivity contribution in [2.45, 2.75) is 46.2 Å². The average molecular weight is 408 g/mol. The van der Waals surface area contributed by atoms with Crippen LogP contribution in [0.15, 0.2) is 59.5 Å². The van der Waals surface area contributed by atoms with Gasteiger partial charge in [-0.25, -0.2) is 4.98 Å². The van der Waals surface area contributed by atoms with Crippen molar-refractivity contribution in [2.24, 2.45) is 5.92 Å². The highest BCUT2D eigenvalue weighted by molar-refractivity contribution is 5.51. The van der Waals surface area contributed by atoms with Crippen molar-refractivity contribution >= 4 is 11.8 Å². The van der Waals surface area contributed by atoms with E-state index < -0.39 is 0 Å². The van der Waals surface area contributed by atoms with E-state index in [4.69, 9.17) is 10.5 Å². The molecule has 1 aliphatic rings. The molecule has 0 radical (unpaired) electrons. The Hall–Kier alpha value is -2.86. The highest BCUT2D eigenvalue weighted by atomic mass is 16.5. The fraction of sp³-hybridized carbons (Fsp3) is 0.417. The number of ether oxygens (including phenoxy) is 1. The summed E-state index contributed by atoms with van der Waals surface area (Å²) in [4.78, 5) is 11.1. The Kier molecular flexibility index (Phi) is 7.46. The van der Waals surface area contributed by atoms with E-state index in [2.05, 4.69) is 71.4 Å². The van der Waals surface area contributed by atoms with E-state index in [0.717, 1.165) is 48.8 Å². The number of anilines is 2. The van der Waals surface area contributed by atoms with Gasteiger partial charge in [-0.05, 0) is 43.0 Å². The van der Waals surface area contributed by atoms with Crippen LogP contribution in [0.5, 0.6) is 0 Å². The molecule has 1 aromatic carbocycles. The minimum atomic E-state index is 0.278. The fourth-order valence-corrected chi connectivity index (χ4v) is 3.78. The van der Waals surface area contributed by atoms with Crippen molar-refractivity contribution in [3.05, 3.63) is 70.8 Å². The number of methoxy groups -OCH3 is 1. The van der Waals surface area contributed by atoms with Gasteiger partial charge in [-0.15, -0.1) is 0 Å². The topological polar surface area (TPSA) is 76.3 Å². The number of hydrogen-bond donors (Lipinski definition) is 2. The van der Waals surface area contributed by atoms with Crippen LogP contribution < -0.4 is 11.1 Å². The number of nitrogens with zero attached hydrogens (tertiary/aromatic N) is 3. The molecule has 1 unspecified atom stereocenters. The highest BCUT2D eigenvalue weighted by Crippen LogP contribution is 2.31. The van der Waals surface area contributed by atoms with Crippen molar-refractivity contribution in [1.29, 1.82) is 0 Å². The molecule has 0 spiro atoms. The lowest BCUT2D eigenvalue weighted by molar-refractivity contribution is 0.273. The van der Waals surface area contributed by atoms with Crippen LogP contribution in [0.4, 0.5) is 11.8 Å². The van der Waals surface area contributed by atoms with Gasteiger partial charge in [-0.1, -0.05) is 44.2 Å². The van der Waals surface area contributed by atoms with Crippen LogP contribution in [-0.2, 0) is 17.8 Å². The molecule has 1 atom stereocenters. The number of nitrogens with two attached hydrogens (primary N) is 1. The van der Waals surface area contributed by atoms with Gasteiger partial charge in [-0.3, -0.25) is 4.90 Å². The van der Waals surface area contributed by atoms with Crippen molar-refractivity contribution < 1.29 is 4.74 Å². The van der Waals surface area contributed by atoms with E-state index in [9.17, 15) is 0 Å². The molecule has 30 heavy (non-hydrogen) atoms. The molecule has 0 amide bonds. The number of aromatic nitrogens is 2. The Balaban J connectivity index is 1.78. The Morgan fingerprint density at radius 1 is 1.17 bits per heavy atom. The second-order valence-electron chi connectivity index (χ2n) is 7.95. The molecule has 3 N–H and O–H groups in total. The summed E-state index contributed by atoms with van der Waals surface area (Å²) in [5.74, 6) is 2.47. The molecule has 160 valence electrons. The van der Waals surface area contributed by atoms with Gasteiger partial charge in [0.25, 0.3) is 0 Å². The number of allylic oxidation sites excluding steroid dienone is 3. The third-order valence-electron chi connectivity index (χ3n) is 5.55. The van der Waals surface area contributed by atoms with E-state index in [1.165, 1.54) is 11.1 Å². The molecular formula is C24H33N5O. The second-order valence-corrected chi connectivity index (χ2v) is 7.95. The smallest absolute Gasteiger partial charge is 0.222 e. The van der Waals surface area contributed by atoms with Crippen LogP contribution in [0.25, 0.3) is 0 Å². The quantitative estimate of drug-likeness (QED) is 0.626. The van der Waals surface area contributed by atoms with Crippen molar-refractivity contribution in [1.82, 2.24) is 14.9 Å². The molecule has 2 aromatic rings. The molecule has 6 nitrogen and oxygen atoms in total. The third-order valence-corrected chi connectivity index (χ3v) is 5.55. The van der Waals surface area contributed by atoms with E-state index >= 15 is 0 Å². The van der Waals surface area contributed by atoms with Gasteiger partial charge in [-0.2, -0.15) is 4.98 Å². The van der Waals surface area contributed by atoms with Crippen LogP contribution in [0.2, 0.25) is 0 Å². The summed E-state index contributed by atoms with van der Waals surface area (Å²) in [6.45, 7) is 6.01. The highest BCUT2D eigenvalue weighted by Gasteiger charge is 2.19. The molecule has 1 heterocycles. The summed E-state index contributed by atoms with van der Waals surface area (Å²) in [5.41, 5.74) is 10.7. The number of benzene rings is 1. The molecule has 0 fully saturated rings. The largest absolute Gasteiger partial charge is 0.501 e. The van der Waals surface area contributed by atoms with Crippen molar-refractivity contribution in [3.8, 4) is 0 Å². The maximum atomic E-state index is 6.03. The molecule has 0 bridgehead atoms. The zero-order chi connectivity index (χ0) is 21.5. The maximum absolute atomic E-state index is 6.03. The van der Waals surface area contributed by atoms with Crippen LogP contribution >= 0.6 is 0 Å². The minimum Gasteiger partial charge on any atom is -0.501 e. The first kappa shape index (κ1) is 21.8. The molecule has 1 aromatic heterocycles. The monoisotopic (exact) mass is 407 g/mol. The predicted molar refractivity (Wildman–Crippen MR) is 122 cm³/mol. The van der Waals surface area contributed by atoms with E-state index in [-0.39, 0.29) is 5.95 Å². The summed E-state index contributed by atoms with van der Waals surface area (Å²) in [6, 6.07) is 12.4. The third kappa shape index (κ3) is 5.83. The van der Waals surface area contributed by atoms with Gasteiger partial charge < -0.3 is 15.8 Å². The molecule has 1 aliphatic carbocycles. The van der Waals surface area contributed by atoms with Crippen LogP contribution in [-0.4, -0.2) is 29.0 Å². The van der Waals surface area contributed by atoms with Crippen LogP contribution in [0.1, 0.15) is 44.4 Å². The molecular weight excluding hydrogens is 374 g/mol. The second kappa shape index (κ2) is 10.3. The number of rotatable bonds is 9. The number of nitrogen functional groups attached to an aromatic ring is 1. The first-order valence-corrected chi connectivity index (χ1v) is 10.6. The molecule has 0 aliphatic heterocycles. The van der Waals surface area contributed by atoms with E-state index in [1.807, 2.05) is 12.1 Å². The van der Waals surface area contributed by atoms with Crippen LogP contribution in [0, 0.1) is 5.92 Å². The van der Waals surface area contributed by atoms with Crippen LogP contribution in [0.3, 0.4) is 0 Å². The summed E-state index contributed by atoms with van der Waals surface area (Å²) in [5, 5.41) is 3.49. The SMILES string of the molecule is CCC(C)C1=C(Nc2cc(CN(C)Cc3ccccc3)nc(N)n2)C=C(OC)CC1. The van der Waals surface area contributed by atoms with Gasteiger partial charge >= 0.3 is 0 Å². The molecule has 6 heteroatoms. The summed E-state index contributed by atoms with van der Waals surface area (Å²) >= 11 is 0. The van der Waals surface area contributed by atoms with Crippen molar-refractivity contribution in [2.75, 3.05) is 25.2 Å². The predicted octanol–water partition coefficient (Wildman–Crippen LogP) is 4.73. The standard InChI is InChI=1S/C24H33N5O/c1-5-17(2)21-12-11-20(30-4)14-22(21)27-23-13-19(26-24(25)28-23)16-29(3)15-18-9-7-6-8-10-18/h6-10,13-14,17H,5,11-12,15-16H2,1-4H3,(H3,25,26,27,28). The minimum absolute atomic E-state index is 0.278. The van der Waals surface area contributed by atoms with E-state index in [0.29, 0.717) is 12.5 Å². The fourth-order valence-electron chi connectivity index (χ4n) is 3.78. The summed E-state index contributed by atoms with van der Waals surface area (Å²) in [6.07, 6.45) is 5.11. The zero-order valence-electron chi connectivity index (χ0n) is 18.5. The van der Waals surface area contributed by atoms with Gasteiger partial charge in [0.05, 0.1) is 18.6 Å². The molecule has 0 saturated carbocycles. The Labute approximate surface area is 179 Å². The number of hydrogen-bond acceptors (Lipinski definition) is 6. The van der Waals surface area contributed by atoms with Gasteiger partial charge in [0.2, 0.25) is 5.95 Å². The Morgan fingerprint density at radius 2 is 1.93 bits per heavy atom. The molecule has 3 rings (SSSR count). The number of nitrogens with one attached hydrogen (secondary N) is 1. The normalized spacial score (nSPS) is 15.2. The first-order chi connectivity index (χ1) is 14.5. The van der Waals surface area contributed by atoms with Crippen molar-refractivity contribution in [3.63, 3.8) is 0 Å². The maximum Gasteiger partial charge on any atom is 0.222 e. The lowest BCUT2D eigenvalue weighted by Crippen LogP contribution is -2.19. The summed E-state index contributed by atoms with van der Waals surface area (Å²) < 4.78 is 5.50. The molecule has 0 saturated heterocycles. The van der Waals surface area contributed by atoms with Gasteiger partial charge in [0.1, 0.15) is 5.82 Å². The lowest BCUT2D eigenvalue weighted by atomic mass is 9.89. The first-order valence-electron chi connectivity index (χ1n) is 10.6. The summed E-state index contributed by atoms with van der Waals surface area (Å²) in [7, 11) is 3.80. The van der Waals surface area contributed by atoms with Gasteiger partial charge in [0.15, 0.2) is 0 Å². The zero-order valence-corrected chi connectivity index (χ0v) is 18.5. The Morgan fingerprint density at radius 3 is 2.63 bits per heavy atom. The average Bonchev–Trinajstić information content (AvgIpc) is 2.73. The van der Waals surface area contributed by atoms with E-state index in [1.54, 1.807) is 7.11 Å². The Bertz CT molecular complexity index is 907.